The van der Waals surface area contributed by atoms with E-state index < -0.39 is 5.82 Å². The van der Waals surface area contributed by atoms with Crippen LogP contribution in [-0.4, -0.2) is 23.1 Å². The molecule has 0 bridgehead atoms. The molecule has 0 aliphatic carbocycles. The van der Waals surface area contributed by atoms with Crippen molar-refractivity contribution in [1.82, 2.24) is 15.3 Å². The minimum Gasteiger partial charge on any atom is -0.316 e. The molecule has 1 fully saturated rings. The van der Waals surface area contributed by atoms with E-state index in [1.807, 2.05) is 0 Å². The molecule has 0 amide bonds. The average molecular weight is 187 g/mol. The lowest BCUT2D eigenvalue weighted by Crippen LogP contribution is -2.29. The Bertz CT molecular complexity index is 292. The molecule has 0 aromatic carbocycles. The van der Waals surface area contributed by atoms with Crippen LogP contribution in [0.4, 0.5) is 8.87 Å². The summed E-state index contributed by atoms with van der Waals surface area (Å²) < 4.78 is 25.5. The summed E-state index contributed by atoms with van der Waals surface area (Å²) in [4.78, 5) is 0.0409. The number of rotatable bonds is 1. The van der Waals surface area contributed by atoms with E-state index in [2.05, 4.69) is 10.4 Å². The van der Waals surface area contributed by atoms with Gasteiger partial charge < -0.3 is 5.32 Å². The highest BCUT2D eigenvalue weighted by Crippen LogP contribution is 2.23. The molecular weight excluding hydrogens is 176 g/mol. The highest BCUT2D eigenvalue weighted by molar-refractivity contribution is 5.10. The maximum atomic E-state index is 13.0. The highest BCUT2D eigenvalue weighted by atomic mass is 19.2. The number of aromatic nitrogens is 2. The van der Waals surface area contributed by atoms with Crippen molar-refractivity contribution in [3.05, 3.63) is 17.7 Å². The molecule has 0 radical (unpaired) electrons. The second kappa shape index (κ2) is 3.41. The van der Waals surface area contributed by atoms with E-state index >= 15 is 0 Å². The summed E-state index contributed by atoms with van der Waals surface area (Å²) in [5.41, 5.74) is 0.245. The summed E-state index contributed by atoms with van der Waals surface area (Å²) in [6.07, 6.45) is 2.63. The fourth-order valence-corrected chi connectivity index (χ4v) is 1.70. The zero-order chi connectivity index (χ0) is 9.26. The van der Waals surface area contributed by atoms with Crippen LogP contribution in [0.2, 0.25) is 0 Å². The summed E-state index contributed by atoms with van der Waals surface area (Å²) in [5.74, 6) is -0.526. The van der Waals surface area contributed by atoms with E-state index in [4.69, 9.17) is 0 Å². The molecule has 1 N–H and O–H groups in total. The van der Waals surface area contributed by atoms with Crippen LogP contribution in [0.15, 0.2) is 6.20 Å². The van der Waals surface area contributed by atoms with E-state index in [1.54, 1.807) is 0 Å². The normalized spacial score (nSPS) is 23.4. The molecule has 5 heteroatoms. The third-order valence-electron chi connectivity index (χ3n) is 2.35. The van der Waals surface area contributed by atoms with Crippen molar-refractivity contribution in [3.8, 4) is 0 Å². The fourth-order valence-electron chi connectivity index (χ4n) is 1.70. The zero-order valence-electron chi connectivity index (χ0n) is 7.13. The molecule has 1 aliphatic heterocycles. The van der Waals surface area contributed by atoms with Crippen LogP contribution in [0.25, 0.3) is 0 Å². The largest absolute Gasteiger partial charge is 0.316 e. The van der Waals surface area contributed by atoms with Crippen molar-refractivity contribution < 1.29 is 8.87 Å². The molecule has 1 aromatic rings. The third-order valence-corrected chi connectivity index (χ3v) is 2.35. The number of piperidine rings is 1. The monoisotopic (exact) mass is 187 g/mol. The Morgan fingerprint density at radius 3 is 3.00 bits per heavy atom. The molecule has 0 spiro atoms. The summed E-state index contributed by atoms with van der Waals surface area (Å²) >= 11 is 0. The number of nitrogens with zero attached hydrogens (tertiary/aromatic N) is 2. The zero-order valence-corrected chi connectivity index (χ0v) is 7.13. The molecule has 2 rings (SSSR count). The first-order valence-corrected chi connectivity index (χ1v) is 4.39. The lowest BCUT2D eigenvalue weighted by atomic mass is 9.96. The maximum Gasteiger partial charge on any atom is 0.167 e. The summed E-state index contributed by atoms with van der Waals surface area (Å²) in [7, 11) is 0. The standard InChI is InChI=1S/C8H11F2N3/c9-7-5-13(10)12-8(7)6-2-1-3-11-4-6/h5-6,11H,1-4H2. The van der Waals surface area contributed by atoms with Gasteiger partial charge in [-0.1, -0.05) is 9.39 Å². The number of hydrogen-bond acceptors (Lipinski definition) is 2. The molecule has 1 aromatic heterocycles. The average Bonchev–Trinajstić information content (AvgIpc) is 2.47. The molecule has 1 saturated heterocycles. The molecule has 1 aliphatic rings. The van der Waals surface area contributed by atoms with Gasteiger partial charge in [0.2, 0.25) is 0 Å². The van der Waals surface area contributed by atoms with E-state index in [9.17, 15) is 8.87 Å². The second-order valence-corrected chi connectivity index (χ2v) is 3.29. The molecule has 2 heterocycles. The van der Waals surface area contributed by atoms with Crippen LogP contribution in [0.5, 0.6) is 0 Å². The van der Waals surface area contributed by atoms with Gasteiger partial charge in [0, 0.05) is 12.5 Å². The molecular formula is C8H11F2N3. The topological polar surface area (TPSA) is 29.9 Å². The van der Waals surface area contributed by atoms with E-state index in [0.29, 0.717) is 6.54 Å². The fraction of sp³-hybridized carbons (Fsp3) is 0.625. The van der Waals surface area contributed by atoms with Gasteiger partial charge in [-0.3, -0.25) is 0 Å². The smallest absolute Gasteiger partial charge is 0.167 e. The Morgan fingerprint density at radius 1 is 1.62 bits per heavy atom. The van der Waals surface area contributed by atoms with E-state index in [1.165, 1.54) is 0 Å². The predicted molar refractivity (Wildman–Crippen MR) is 43.5 cm³/mol. The van der Waals surface area contributed by atoms with Gasteiger partial charge in [0.05, 0.1) is 6.20 Å². The van der Waals surface area contributed by atoms with Crippen molar-refractivity contribution in [2.24, 2.45) is 0 Å². The van der Waals surface area contributed by atoms with Crippen LogP contribution in [-0.2, 0) is 0 Å². The summed E-state index contributed by atoms with van der Waals surface area (Å²) in [5, 5.41) is 6.60. The molecule has 1 unspecified atom stereocenters. The SMILES string of the molecule is Fc1cn(F)nc1C1CCCNC1. The number of hydrogen-bond donors (Lipinski definition) is 1. The lowest BCUT2D eigenvalue weighted by molar-refractivity contribution is 0.309. The Balaban J connectivity index is 2.18. The number of halogens is 2. The Morgan fingerprint density at radius 2 is 2.46 bits per heavy atom. The minimum absolute atomic E-state index is 0.0192. The first-order chi connectivity index (χ1) is 6.27. The maximum absolute atomic E-state index is 13.0. The second-order valence-electron chi connectivity index (χ2n) is 3.29. The van der Waals surface area contributed by atoms with Gasteiger partial charge >= 0.3 is 0 Å². The first kappa shape index (κ1) is 8.62. The predicted octanol–water partition coefficient (Wildman–Crippen LogP) is 1.22. The molecule has 13 heavy (non-hydrogen) atoms. The lowest BCUT2D eigenvalue weighted by Gasteiger charge is -2.20. The molecule has 0 saturated carbocycles. The summed E-state index contributed by atoms with van der Waals surface area (Å²) in [6, 6.07) is 0. The Hall–Kier alpha value is -0.970. The van der Waals surface area contributed by atoms with Gasteiger partial charge in [-0.05, 0) is 19.4 Å². The molecule has 1 atom stereocenters. The van der Waals surface area contributed by atoms with Gasteiger partial charge in [-0.2, -0.15) is 0 Å². The van der Waals surface area contributed by atoms with Crippen molar-refractivity contribution in [2.75, 3.05) is 13.1 Å². The minimum atomic E-state index is -0.545. The van der Waals surface area contributed by atoms with Crippen LogP contribution < -0.4 is 5.32 Å². The van der Waals surface area contributed by atoms with Gasteiger partial charge in [-0.15, -0.1) is 5.10 Å². The molecule has 3 nitrogen and oxygen atoms in total. The van der Waals surface area contributed by atoms with Crippen molar-refractivity contribution in [2.45, 2.75) is 18.8 Å². The quantitative estimate of drug-likeness (QED) is 0.716. The van der Waals surface area contributed by atoms with Crippen molar-refractivity contribution in [3.63, 3.8) is 0 Å². The van der Waals surface area contributed by atoms with Gasteiger partial charge in [0.25, 0.3) is 0 Å². The highest BCUT2D eigenvalue weighted by Gasteiger charge is 2.21. The molecule has 72 valence electrons. The van der Waals surface area contributed by atoms with Gasteiger partial charge in [0.15, 0.2) is 5.82 Å². The third kappa shape index (κ3) is 1.70. The van der Waals surface area contributed by atoms with Crippen LogP contribution in [0.3, 0.4) is 0 Å². The Labute approximate surface area is 74.7 Å². The van der Waals surface area contributed by atoms with Crippen LogP contribution in [0, 0.1) is 5.82 Å². The first-order valence-electron chi connectivity index (χ1n) is 4.39. The van der Waals surface area contributed by atoms with Gasteiger partial charge in [0.1, 0.15) is 5.69 Å². The Kier molecular flexibility index (Phi) is 2.26. The van der Waals surface area contributed by atoms with Crippen LogP contribution in [0.1, 0.15) is 24.5 Å². The van der Waals surface area contributed by atoms with E-state index in [0.717, 1.165) is 25.6 Å². The van der Waals surface area contributed by atoms with E-state index in [-0.39, 0.29) is 16.5 Å². The van der Waals surface area contributed by atoms with Crippen molar-refractivity contribution in [1.29, 1.82) is 0 Å². The van der Waals surface area contributed by atoms with Crippen molar-refractivity contribution >= 4 is 0 Å². The van der Waals surface area contributed by atoms with Gasteiger partial charge in [-0.25, -0.2) is 4.39 Å². The van der Waals surface area contributed by atoms with Crippen LogP contribution >= 0.6 is 0 Å². The summed E-state index contributed by atoms with van der Waals surface area (Å²) in [6.45, 7) is 1.64. The number of nitrogens with one attached hydrogen (secondary N) is 1.